The minimum atomic E-state index is -3.81. The molecule has 0 fully saturated rings. The molecule has 0 aliphatic heterocycles. The maximum absolute atomic E-state index is 12.4. The lowest BCUT2D eigenvalue weighted by Gasteiger charge is -2.23. The first-order valence-corrected chi connectivity index (χ1v) is 10.7. The van der Waals surface area contributed by atoms with Crippen LogP contribution in [0.15, 0.2) is 36.4 Å². The van der Waals surface area contributed by atoms with Crippen LogP contribution in [0, 0.1) is 0 Å². The number of hydrogen-bond donors (Lipinski definition) is 1. The number of rotatable bonds is 7. The maximum atomic E-state index is 12.4. The molecule has 10 heteroatoms. The van der Waals surface area contributed by atoms with Crippen molar-refractivity contribution in [1.29, 1.82) is 0 Å². The van der Waals surface area contributed by atoms with E-state index >= 15 is 0 Å². The SMILES string of the molecule is CCOc1cccc(NC(=O)CN(c2cc(Cl)c(Cl)cc2Cl)S(C)(=O)=O)c1. The van der Waals surface area contributed by atoms with E-state index in [-0.39, 0.29) is 20.8 Å². The fraction of sp³-hybridized carbons (Fsp3) is 0.235. The number of benzene rings is 2. The number of ether oxygens (including phenoxy) is 1. The fourth-order valence-corrected chi connectivity index (χ4v) is 3.80. The van der Waals surface area contributed by atoms with Gasteiger partial charge in [0.1, 0.15) is 12.3 Å². The molecule has 1 N–H and O–H groups in total. The topological polar surface area (TPSA) is 75.7 Å². The zero-order chi connectivity index (χ0) is 20.2. The molecular formula is C17H17Cl3N2O4S. The molecule has 0 bridgehead atoms. The van der Waals surface area contributed by atoms with E-state index in [9.17, 15) is 13.2 Å². The van der Waals surface area contributed by atoms with Crippen LogP contribution in [0.5, 0.6) is 5.75 Å². The second-order valence-corrected chi connectivity index (χ2v) is 8.62. The van der Waals surface area contributed by atoms with E-state index in [0.29, 0.717) is 18.0 Å². The third-order valence-electron chi connectivity index (χ3n) is 3.37. The summed E-state index contributed by atoms with van der Waals surface area (Å²) in [7, 11) is -3.81. The third-order valence-corrected chi connectivity index (χ3v) is 5.53. The minimum absolute atomic E-state index is 0.0565. The van der Waals surface area contributed by atoms with Crippen LogP contribution in [-0.2, 0) is 14.8 Å². The molecule has 2 aromatic rings. The van der Waals surface area contributed by atoms with Crippen molar-refractivity contribution in [2.45, 2.75) is 6.92 Å². The highest BCUT2D eigenvalue weighted by molar-refractivity contribution is 7.92. The van der Waals surface area contributed by atoms with Gasteiger partial charge in [0, 0.05) is 11.8 Å². The summed E-state index contributed by atoms with van der Waals surface area (Å²) in [5.41, 5.74) is 0.534. The van der Waals surface area contributed by atoms with Crippen LogP contribution in [0.4, 0.5) is 11.4 Å². The Morgan fingerprint density at radius 1 is 1.11 bits per heavy atom. The van der Waals surface area contributed by atoms with Gasteiger partial charge in [-0.15, -0.1) is 0 Å². The summed E-state index contributed by atoms with van der Waals surface area (Å²) in [5, 5.41) is 2.98. The highest BCUT2D eigenvalue weighted by atomic mass is 35.5. The second kappa shape index (κ2) is 9.01. The van der Waals surface area contributed by atoms with E-state index < -0.39 is 22.5 Å². The van der Waals surface area contributed by atoms with Gasteiger partial charge in [0.25, 0.3) is 0 Å². The Morgan fingerprint density at radius 3 is 2.41 bits per heavy atom. The van der Waals surface area contributed by atoms with Gasteiger partial charge in [0.15, 0.2) is 0 Å². The molecule has 146 valence electrons. The number of anilines is 2. The number of hydrogen-bond acceptors (Lipinski definition) is 4. The lowest BCUT2D eigenvalue weighted by molar-refractivity contribution is -0.114. The van der Waals surface area contributed by atoms with Gasteiger partial charge in [0.2, 0.25) is 15.9 Å². The number of nitrogens with zero attached hydrogens (tertiary/aromatic N) is 1. The predicted molar refractivity (Wildman–Crippen MR) is 110 cm³/mol. The Bertz CT molecular complexity index is 951. The van der Waals surface area contributed by atoms with E-state index in [2.05, 4.69) is 5.32 Å². The Balaban J connectivity index is 2.26. The van der Waals surface area contributed by atoms with E-state index in [1.807, 2.05) is 6.92 Å². The first kappa shape index (κ1) is 21.6. The standard InChI is InChI=1S/C17H17Cl3N2O4S/c1-3-26-12-6-4-5-11(7-12)21-17(23)10-22(27(2,24)25)16-9-14(19)13(18)8-15(16)20/h4-9H,3,10H2,1-2H3,(H,21,23). The summed E-state index contributed by atoms with van der Waals surface area (Å²) in [6, 6.07) is 9.39. The minimum Gasteiger partial charge on any atom is -0.494 e. The van der Waals surface area contributed by atoms with Crippen molar-refractivity contribution >= 4 is 62.1 Å². The molecular weight excluding hydrogens is 435 g/mol. The Labute approximate surface area is 173 Å². The average Bonchev–Trinajstić information content (AvgIpc) is 2.56. The van der Waals surface area contributed by atoms with Crippen LogP contribution in [0.3, 0.4) is 0 Å². The maximum Gasteiger partial charge on any atom is 0.245 e. The number of nitrogens with one attached hydrogen (secondary N) is 1. The van der Waals surface area contributed by atoms with Crippen molar-refractivity contribution in [3.8, 4) is 5.75 Å². The van der Waals surface area contributed by atoms with Gasteiger partial charge in [-0.3, -0.25) is 9.10 Å². The lowest BCUT2D eigenvalue weighted by atomic mass is 10.3. The third kappa shape index (κ3) is 5.90. The van der Waals surface area contributed by atoms with Crippen LogP contribution >= 0.6 is 34.8 Å². The largest absolute Gasteiger partial charge is 0.494 e. The van der Waals surface area contributed by atoms with Crippen LogP contribution in [-0.4, -0.2) is 33.7 Å². The number of amides is 1. The fourth-order valence-electron chi connectivity index (χ4n) is 2.25. The molecule has 2 rings (SSSR count). The van der Waals surface area contributed by atoms with Crippen molar-refractivity contribution in [2.24, 2.45) is 0 Å². The molecule has 0 unspecified atom stereocenters. The highest BCUT2D eigenvalue weighted by Gasteiger charge is 2.24. The number of carbonyl (C=O) groups excluding carboxylic acids is 1. The normalized spacial score (nSPS) is 11.1. The molecule has 0 aliphatic carbocycles. The molecule has 0 aliphatic rings. The summed E-state index contributed by atoms with van der Waals surface area (Å²) in [6.07, 6.45) is 0.967. The quantitative estimate of drug-likeness (QED) is 0.631. The number of carbonyl (C=O) groups is 1. The van der Waals surface area contributed by atoms with Gasteiger partial charge in [0.05, 0.1) is 33.6 Å². The monoisotopic (exact) mass is 450 g/mol. The molecule has 2 aromatic carbocycles. The zero-order valence-electron chi connectivity index (χ0n) is 14.5. The van der Waals surface area contributed by atoms with Crippen LogP contribution in [0.1, 0.15) is 6.92 Å². The van der Waals surface area contributed by atoms with Gasteiger partial charge in [-0.1, -0.05) is 40.9 Å². The lowest BCUT2D eigenvalue weighted by Crippen LogP contribution is -2.37. The molecule has 1 amide bonds. The van der Waals surface area contributed by atoms with Crippen molar-refractivity contribution in [2.75, 3.05) is 29.0 Å². The highest BCUT2D eigenvalue weighted by Crippen LogP contribution is 2.35. The smallest absolute Gasteiger partial charge is 0.245 e. The molecule has 27 heavy (non-hydrogen) atoms. The van der Waals surface area contributed by atoms with E-state index in [1.165, 1.54) is 12.1 Å². The first-order chi connectivity index (χ1) is 12.6. The van der Waals surface area contributed by atoms with Gasteiger partial charge in [-0.25, -0.2) is 8.42 Å². The summed E-state index contributed by atoms with van der Waals surface area (Å²) in [4.78, 5) is 12.4. The molecule has 0 atom stereocenters. The first-order valence-electron chi connectivity index (χ1n) is 7.76. The Morgan fingerprint density at radius 2 is 1.78 bits per heavy atom. The summed E-state index contributed by atoms with van der Waals surface area (Å²) >= 11 is 18.0. The van der Waals surface area contributed by atoms with Crippen molar-refractivity contribution in [3.63, 3.8) is 0 Å². The zero-order valence-corrected chi connectivity index (χ0v) is 17.6. The van der Waals surface area contributed by atoms with E-state index in [1.54, 1.807) is 24.3 Å². The predicted octanol–water partition coefficient (Wildman–Crippen LogP) is 4.45. The molecule has 6 nitrogen and oxygen atoms in total. The molecule has 0 heterocycles. The summed E-state index contributed by atoms with van der Waals surface area (Å²) in [6.45, 7) is 1.83. The molecule has 0 spiro atoms. The van der Waals surface area contributed by atoms with Crippen molar-refractivity contribution in [3.05, 3.63) is 51.5 Å². The van der Waals surface area contributed by atoms with Crippen molar-refractivity contribution < 1.29 is 17.9 Å². The van der Waals surface area contributed by atoms with Crippen LogP contribution < -0.4 is 14.4 Å². The summed E-state index contributed by atoms with van der Waals surface area (Å²) < 4.78 is 30.6. The van der Waals surface area contributed by atoms with Crippen LogP contribution in [0.25, 0.3) is 0 Å². The van der Waals surface area contributed by atoms with Gasteiger partial charge in [-0.2, -0.15) is 0 Å². The van der Waals surface area contributed by atoms with E-state index in [4.69, 9.17) is 39.5 Å². The van der Waals surface area contributed by atoms with Gasteiger partial charge >= 0.3 is 0 Å². The Hall–Kier alpha value is -1.67. The van der Waals surface area contributed by atoms with E-state index in [0.717, 1.165) is 10.6 Å². The van der Waals surface area contributed by atoms with Crippen molar-refractivity contribution in [1.82, 2.24) is 0 Å². The molecule has 0 saturated carbocycles. The molecule has 0 radical (unpaired) electrons. The number of sulfonamides is 1. The summed E-state index contributed by atoms with van der Waals surface area (Å²) in [5.74, 6) is 0.0269. The number of halogens is 3. The van der Waals surface area contributed by atoms with Gasteiger partial charge < -0.3 is 10.1 Å². The Kier molecular flexibility index (Phi) is 7.22. The van der Waals surface area contributed by atoms with Crippen LogP contribution in [0.2, 0.25) is 15.1 Å². The molecule has 0 saturated heterocycles. The molecule has 0 aromatic heterocycles. The second-order valence-electron chi connectivity index (χ2n) is 5.50. The average molecular weight is 452 g/mol. The van der Waals surface area contributed by atoms with Gasteiger partial charge in [-0.05, 0) is 31.2 Å².